The fourth-order valence-electron chi connectivity index (χ4n) is 2.65. The summed E-state index contributed by atoms with van der Waals surface area (Å²) in [5.41, 5.74) is 5.03. The first-order valence-corrected chi connectivity index (χ1v) is 7.63. The number of carbonyl (C=O) groups excluding carboxylic acids is 1. The van der Waals surface area contributed by atoms with E-state index in [2.05, 4.69) is 10.5 Å². The molecule has 25 heavy (non-hydrogen) atoms. The van der Waals surface area contributed by atoms with Crippen molar-refractivity contribution >= 4 is 16.8 Å². The van der Waals surface area contributed by atoms with Gasteiger partial charge in [-0.05, 0) is 30.3 Å². The van der Waals surface area contributed by atoms with Gasteiger partial charge in [0.25, 0.3) is 5.91 Å². The van der Waals surface area contributed by atoms with Crippen molar-refractivity contribution in [2.24, 2.45) is 0 Å². The third-order valence-electron chi connectivity index (χ3n) is 3.83. The number of para-hydroxylation sites is 1. The van der Waals surface area contributed by atoms with Gasteiger partial charge in [-0.15, -0.1) is 0 Å². The van der Waals surface area contributed by atoms with Gasteiger partial charge in [-0.2, -0.15) is 0 Å². The van der Waals surface area contributed by atoms with Gasteiger partial charge in [-0.3, -0.25) is 9.63 Å². The quantitative estimate of drug-likeness (QED) is 0.724. The lowest BCUT2D eigenvalue weighted by atomic mass is 10.0. The Morgan fingerprint density at radius 3 is 2.44 bits per heavy atom. The van der Waals surface area contributed by atoms with Crippen LogP contribution in [0.3, 0.4) is 0 Å². The molecule has 1 amide bonds. The van der Waals surface area contributed by atoms with Crippen molar-refractivity contribution in [1.29, 1.82) is 0 Å². The van der Waals surface area contributed by atoms with Gasteiger partial charge in [0.2, 0.25) is 0 Å². The zero-order valence-corrected chi connectivity index (χ0v) is 14.2. The summed E-state index contributed by atoms with van der Waals surface area (Å²) < 4.78 is 10.6. The summed E-state index contributed by atoms with van der Waals surface area (Å²) in [6.07, 6.45) is 0. The van der Waals surface area contributed by atoms with Gasteiger partial charge >= 0.3 is 0 Å². The predicted molar refractivity (Wildman–Crippen MR) is 94.8 cm³/mol. The van der Waals surface area contributed by atoms with Crippen molar-refractivity contribution in [1.82, 2.24) is 10.5 Å². The molecule has 1 heterocycles. The Morgan fingerprint density at radius 1 is 0.960 bits per heavy atom. The van der Waals surface area contributed by atoms with Gasteiger partial charge < -0.3 is 9.47 Å². The average molecular weight is 338 g/mol. The molecular formula is C19H18N2O4. The van der Waals surface area contributed by atoms with Gasteiger partial charge in [0, 0.05) is 10.9 Å². The molecule has 3 aromatic rings. The van der Waals surface area contributed by atoms with E-state index < -0.39 is 0 Å². The summed E-state index contributed by atoms with van der Waals surface area (Å²) in [5.74, 6) is 0.894. The number of carbonyl (C=O) groups is 1. The van der Waals surface area contributed by atoms with Crippen LogP contribution >= 0.6 is 0 Å². The van der Waals surface area contributed by atoms with Crippen LogP contribution in [0.25, 0.3) is 22.2 Å². The van der Waals surface area contributed by atoms with E-state index >= 15 is 0 Å². The number of aromatic nitrogens is 1. The number of nitrogens with one attached hydrogen (secondary N) is 1. The van der Waals surface area contributed by atoms with Crippen LogP contribution in [0.5, 0.6) is 11.5 Å². The monoisotopic (exact) mass is 338 g/mol. The molecule has 0 aliphatic rings. The summed E-state index contributed by atoms with van der Waals surface area (Å²) in [6.45, 7) is 0. The van der Waals surface area contributed by atoms with Crippen LogP contribution in [-0.2, 0) is 4.84 Å². The lowest BCUT2D eigenvalue weighted by Gasteiger charge is -2.12. The summed E-state index contributed by atoms with van der Waals surface area (Å²) in [6, 6.07) is 14.7. The van der Waals surface area contributed by atoms with Gasteiger partial charge in [0.05, 0.1) is 38.1 Å². The Balaban J connectivity index is 2.18. The molecule has 0 bridgehead atoms. The molecule has 0 radical (unpaired) electrons. The lowest BCUT2D eigenvalue weighted by Crippen LogP contribution is -2.22. The minimum Gasteiger partial charge on any atom is -0.493 e. The van der Waals surface area contributed by atoms with Gasteiger partial charge in [-0.1, -0.05) is 18.2 Å². The first-order chi connectivity index (χ1) is 12.2. The zero-order chi connectivity index (χ0) is 17.8. The number of ether oxygens (including phenoxy) is 2. The van der Waals surface area contributed by atoms with E-state index in [9.17, 15) is 4.79 Å². The minimum atomic E-state index is -0.331. The van der Waals surface area contributed by atoms with E-state index in [4.69, 9.17) is 14.3 Å². The second-order valence-electron chi connectivity index (χ2n) is 5.28. The Bertz CT molecular complexity index is 924. The number of hydrogen-bond acceptors (Lipinski definition) is 5. The van der Waals surface area contributed by atoms with E-state index in [0.717, 1.165) is 16.5 Å². The molecule has 1 aromatic heterocycles. The summed E-state index contributed by atoms with van der Waals surface area (Å²) in [4.78, 5) is 21.8. The topological polar surface area (TPSA) is 69.7 Å². The number of nitrogens with zero attached hydrogens (tertiary/aromatic N) is 1. The molecular weight excluding hydrogens is 320 g/mol. The predicted octanol–water partition coefficient (Wildman–Crippen LogP) is 3.21. The second kappa shape index (κ2) is 7.19. The Labute approximate surface area is 145 Å². The highest BCUT2D eigenvalue weighted by Crippen LogP contribution is 2.33. The van der Waals surface area contributed by atoms with E-state index in [1.165, 1.54) is 7.11 Å². The number of hydrogen-bond donors (Lipinski definition) is 1. The molecule has 0 atom stereocenters. The first-order valence-electron chi connectivity index (χ1n) is 7.63. The molecule has 0 unspecified atom stereocenters. The standard InChI is InChI=1S/C19H18N2O4/c1-23-17-9-8-12(10-18(17)24-2)16-11-14(19(22)21-25-3)13-6-4-5-7-15(13)20-16/h4-11H,1-3H3,(H,21,22). The number of methoxy groups -OCH3 is 2. The van der Waals surface area contributed by atoms with Crippen molar-refractivity contribution < 1.29 is 19.1 Å². The highest BCUT2D eigenvalue weighted by atomic mass is 16.6. The number of fused-ring (bicyclic) bond motifs is 1. The highest BCUT2D eigenvalue weighted by Gasteiger charge is 2.15. The SMILES string of the molecule is CONC(=O)c1cc(-c2ccc(OC)c(OC)c2)nc2ccccc12. The third-order valence-corrected chi connectivity index (χ3v) is 3.83. The van der Waals surface area contributed by atoms with E-state index in [1.54, 1.807) is 26.4 Å². The largest absolute Gasteiger partial charge is 0.493 e. The summed E-state index contributed by atoms with van der Waals surface area (Å²) >= 11 is 0. The third kappa shape index (κ3) is 3.25. The Hall–Kier alpha value is -3.12. The maximum absolute atomic E-state index is 12.4. The van der Waals surface area contributed by atoms with Crippen molar-refractivity contribution in [3.8, 4) is 22.8 Å². The molecule has 0 fully saturated rings. The molecule has 6 heteroatoms. The van der Waals surface area contributed by atoms with Crippen LogP contribution in [0, 0.1) is 0 Å². The zero-order valence-electron chi connectivity index (χ0n) is 14.2. The summed E-state index contributed by atoms with van der Waals surface area (Å²) in [7, 11) is 4.56. The van der Waals surface area contributed by atoms with Gasteiger partial charge in [-0.25, -0.2) is 10.5 Å². The number of amides is 1. The molecule has 1 N–H and O–H groups in total. The van der Waals surface area contributed by atoms with E-state index in [0.29, 0.717) is 22.8 Å². The van der Waals surface area contributed by atoms with Crippen LogP contribution in [0.2, 0.25) is 0 Å². The fraction of sp³-hybridized carbons (Fsp3) is 0.158. The molecule has 0 aliphatic carbocycles. The minimum absolute atomic E-state index is 0.331. The summed E-state index contributed by atoms with van der Waals surface area (Å²) in [5, 5.41) is 0.751. The maximum Gasteiger partial charge on any atom is 0.275 e. The normalized spacial score (nSPS) is 10.5. The lowest BCUT2D eigenvalue weighted by molar-refractivity contribution is 0.0539. The molecule has 3 rings (SSSR count). The van der Waals surface area contributed by atoms with Crippen molar-refractivity contribution in [3.05, 3.63) is 54.1 Å². The van der Waals surface area contributed by atoms with Crippen molar-refractivity contribution in [2.45, 2.75) is 0 Å². The van der Waals surface area contributed by atoms with Crippen LogP contribution < -0.4 is 15.0 Å². The maximum atomic E-state index is 12.4. The first kappa shape index (κ1) is 16.7. The van der Waals surface area contributed by atoms with Crippen LogP contribution in [0.4, 0.5) is 0 Å². The van der Waals surface area contributed by atoms with Gasteiger partial charge in [0.1, 0.15) is 0 Å². The molecule has 0 saturated carbocycles. The smallest absolute Gasteiger partial charge is 0.275 e. The molecule has 6 nitrogen and oxygen atoms in total. The Kier molecular flexibility index (Phi) is 4.81. The number of hydroxylamine groups is 1. The van der Waals surface area contributed by atoms with Crippen molar-refractivity contribution in [3.63, 3.8) is 0 Å². The van der Waals surface area contributed by atoms with E-state index in [1.807, 2.05) is 36.4 Å². The second-order valence-corrected chi connectivity index (χ2v) is 5.28. The average Bonchev–Trinajstić information content (AvgIpc) is 2.66. The molecule has 0 saturated heterocycles. The van der Waals surface area contributed by atoms with Gasteiger partial charge in [0.15, 0.2) is 11.5 Å². The Morgan fingerprint density at radius 2 is 1.72 bits per heavy atom. The molecule has 0 aliphatic heterocycles. The van der Waals surface area contributed by atoms with Crippen LogP contribution in [0.1, 0.15) is 10.4 Å². The molecule has 128 valence electrons. The van der Waals surface area contributed by atoms with Crippen LogP contribution in [-0.4, -0.2) is 32.2 Å². The molecule has 0 spiro atoms. The van der Waals surface area contributed by atoms with E-state index in [-0.39, 0.29) is 5.91 Å². The number of rotatable bonds is 5. The van der Waals surface area contributed by atoms with Crippen molar-refractivity contribution in [2.75, 3.05) is 21.3 Å². The molecule has 2 aromatic carbocycles. The number of benzene rings is 2. The van der Waals surface area contributed by atoms with Crippen LogP contribution in [0.15, 0.2) is 48.5 Å². The number of pyridine rings is 1. The highest BCUT2D eigenvalue weighted by molar-refractivity contribution is 6.06. The fourth-order valence-corrected chi connectivity index (χ4v) is 2.65.